The van der Waals surface area contributed by atoms with E-state index in [0.29, 0.717) is 56.7 Å². The normalized spacial score (nSPS) is 13.9. The summed E-state index contributed by atoms with van der Waals surface area (Å²) in [6.45, 7) is 0. The Morgan fingerprint density at radius 3 is 0.889 bits per heavy atom. The highest BCUT2D eigenvalue weighted by molar-refractivity contribution is 7.90. The molecule has 0 saturated heterocycles. The van der Waals surface area contributed by atoms with Gasteiger partial charge in [-0.3, -0.25) is 0 Å². The summed E-state index contributed by atoms with van der Waals surface area (Å²) in [7, 11) is 2.59. The standard InChI is InChI=1S/C21H50O11SSi3/c1-24-34(25-2,26-3)17-11-14-21(20-33(10,22)23,15-12-18-35(27-4,28-5)29-6)16-13-19-36(30-7,31-8)32-9/h11-20H2,1-10H3. The number of hydrogen-bond donors (Lipinski definition) is 0. The Kier molecular flexibility index (Phi) is 17.2. The third-order valence-electron chi connectivity index (χ3n) is 6.94. The summed E-state index contributed by atoms with van der Waals surface area (Å²) in [4.78, 5) is 0. The van der Waals surface area contributed by atoms with E-state index >= 15 is 0 Å². The first-order chi connectivity index (χ1) is 16.9. The zero-order valence-corrected chi connectivity index (χ0v) is 27.8. The van der Waals surface area contributed by atoms with Gasteiger partial charge in [0.05, 0.1) is 5.75 Å². The minimum Gasteiger partial charge on any atom is -0.377 e. The van der Waals surface area contributed by atoms with Crippen LogP contribution >= 0.6 is 0 Å². The van der Waals surface area contributed by atoms with Crippen LogP contribution in [0.15, 0.2) is 0 Å². The van der Waals surface area contributed by atoms with Crippen LogP contribution in [0.25, 0.3) is 0 Å². The van der Waals surface area contributed by atoms with Crippen molar-refractivity contribution in [2.45, 2.75) is 56.7 Å². The summed E-state index contributed by atoms with van der Waals surface area (Å²) >= 11 is 0. The van der Waals surface area contributed by atoms with Gasteiger partial charge in [0.25, 0.3) is 0 Å². The Labute approximate surface area is 222 Å². The molecule has 218 valence electrons. The molecule has 0 rings (SSSR count). The van der Waals surface area contributed by atoms with Crippen LogP contribution in [-0.4, -0.2) is 111 Å². The van der Waals surface area contributed by atoms with E-state index in [-0.39, 0.29) is 5.75 Å². The molecule has 0 bridgehead atoms. The maximum atomic E-state index is 12.6. The maximum Gasteiger partial charge on any atom is 0.500 e. The SMILES string of the molecule is CO[Si](CCCC(CCC[Si](OC)(OC)OC)(CCC[Si](OC)(OC)OC)CS(C)(=O)=O)(OC)OC. The molecule has 0 aliphatic carbocycles. The molecule has 0 aromatic carbocycles. The van der Waals surface area contributed by atoms with Gasteiger partial charge in [-0.15, -0.1) is 0 Å². The lowest BCUT2D eigenvalue weighted by atomic mass is 9.77. The smallest absolute Gasteiger partial charge is 0.377 e. The van der Waals surface area contributed by atoms with Gasteiger partial charge < -0.3 is 39.8 Å². The van der Waals surface area contributed by atoms with Crippen molar-refractivity contribution in [3.63, 3.8) is 0 Å². The highest BCUT2D eigenvalue weighted by atomic mass is 32.2. The summed E-state index contributed by atoms with van der Waals surface area (Å²) in [5.41, 5.74) is -0.492. The first-order valence-electron chi connectivity index (χ1n) is 12.0. The molecule has 0 unspecified atom stereocenters. The molecule has 0 spiro atoms. The zero-order chi connectivity index (χ0) is 27.9. The zero-order valence-electron chi connectivity index (χ0n) is 24.0. The van der Waals surface area contributed by atoms with Gasteiger partial charge in [0, 0.05) is 88.4 Å². The van der Waals surface area contributed by atoms with Crippen molar-refractivity contribution in [2.24, 2.45) is 5.41 Å². The summed E-state index contributed by atoms with van der Waals surface area (Å²) in [6.07, 6.45) is 5.35. The van der Waals surface area contributed by atoms with Crippen molar-refractivity contribution < 1.29 is 48.3 Å². The monoisotopic (exact) mass is 594 g/mol. The molecule has 0 N–H and O–H groups in total. The van der Waals surface area contributed by atoms with Gasteiger partial charge in [-0.05, 0) is 43.9 Å². The summed E-state index contributed by atoms with van der Waals surface area (Å²) in [6, 6.07) is 1.76. The molecule has 0 aromatic heterocycles. The fourth-order valence-electron chi connectivity index (χ4n) is 4.86. The van der Waals surface area contributed by atoms with E-state index in [1.54, 1.807) is 64.0 Å². The van der Waals surface area contributed by atoms with E-state index in [9.17, 15) is 8.42 Å². The third-order valence-corrected chi connectivity index (χ3v) is 16.6. The lowest BCUT2D eigenvalue weighted by molar-refractivity contribution is 0.116. The maximum absolute atomic E-state index is 12.6. The molecular weight excluding hydrogens is 545 g/mol. The molecule has 0 saturated carbocycles. The molecule has 11 nitrogen and oxygen atoms in total. The van der Waals surface area contributed by atoms with Crippen molar-refractivity contribution >= 4 is 36.3 Å². The van der Waals surface area contributed by atoms with Crippen LogP contribution in [0.3, 0.4) is 0 Å². The molecule has 0 fully saturated rings. The number of rotatable bonds is 23. The molecule has 36 heavy (non-hydrogen) atoms. The number of sulfone groups is 1. The predicted octanol–water partition coefficient (Wildman–Crippen LogP) is 2.99. The molecule has 0 aliphatic heterocycles. The van der Waals surface area contributed by atoms with Gasteiger partial charge in [-0.2, -0.15) is 0 Å². The third kappa shape index (κ3) is 11.5. The van der Waals surface area contributed by atoms with Gasteiger partial charge in [0.2, 0.25) is 0 Å². The topological polar surface area (TPSA) is 117 Å². The van der Waals surface area contributed by atoms with Crippen molar-refractivity contribution in [3.8, 4) is 0 Å². The van der Waals surface area contributed by atoms with Gasteiger partial charge >= 0.3 is 26.4 Å². The Balaban J connectivity index is 5.92. The highest BCUT2D eigenvalue weighted by Crippen LogP contribution is 2.40. The number of hydrogen-bond acceptors (Lipinski definition) is 11. The van der Waals surface area contributed by atoms with E-state index in [1.807, 2.05) is 0 Å². The highest BCUT2D eigenvalue weighted by Gasteiger charge is 2.43. The Morgan fingerprint density at radius 1 is 0.500 bits per heavy atom. The fourth-order valence-corrected chi connectivity index (χ4v) is 11.6. The minimum absolute atomic E-state index is 0.0600. The molecule has 0 radical (unpaired) electrons. The van der Waals surface area contributed by atoms with E-state index in [1.165, 1.54) is 6.26 Å². The quantitative estimate of drug-likeness (QED) is 0.163. The van der Waals surface area contributed by atoms with Crippen LogP contribution in [0.4, 0.5) is 0 Å². The lowest BCUT2D eigenvalue weighted by Crippen LogP contribution is -2.44. The first kappa shape index (κ1) is 36.2. The van der Waals surface area contributed by atoms with Crippen molar-refractivity contribution in [1.82, 2.24) is 0 Å². The van der Waals surface area contributed by atoms with Gasteiger partial charge in [-0.25, -0.2) is 8.42 Å². The van der Waals surface area contributed by atoms with Crippen LogP contribution in [-0.2, 0) is 49.7 Å². The van der Waals surface area contributed by atoms with E-state index in [0.717, 1.165) is 0 Å². The molecule has 0 heterocycles. The predicted molar refractivity (Wildman–Crippen MR) is 145 cm³/mol. The van der Waals surface area contributed by atoms with Crippen LogP contribution in [0.5, 0.6) is 0 Å². The van der Waals surface area contributed by atoms with Crippen molar-refractivity contribution in [1.29, 1.82) is 0 Å². The molecule has 0 aromatic rings. The molecule has 0 aliphatic rings. The second-order valence-corrected chi connectivity index (χ2v) is 20.4. The second-order valence-electron chi connectivity index (χ2n) is 9.02. The Morgan fingerprint density at radius 2 is 0.722 bits per heavy atom. The second kappa shape index (κ2) is 17.0. The Hall–Kier alpha value is 0.241. The van der Waals surface area contributed by atoms with Gasteiger partial charge in [0.1, 0.15) is 9.84 Å². The fraction of sp³-hybridized carbons (Fsp3) is 1.00. The molecule has 15 heteroatoms. The van der Waals surface area contributed by atoms with Crippen LogP contribution < -0.4 is 0 Å². The van der Waals surface area contributed by atoms with Crippen LogP contribution in [0.2, 0.25) is 18.1 Å². The summed E-state index contributed by atoms with van der Waals surface area (Å²) in [5.74, 6) is 0.0600. The molecule has 0 amide bonds. The molecule has 0 atom stereocenters. The van der Waals surface area contributed by atoms with Crippen LogP contribution in [0.1, 0.15) is 38.5 Å². The van der Waals surface area contributed by atoms with E-state index in [2.05, 4.69) is 0 Å². The van der Waals surface area contributed by atoms with E-state index in [4.69, 9.17) is 39.8 Å². The minimum atomic E-state index is -3.28. The van der Waals surface area contributed by atoms with Gasteiger partial charge in [-0.1, -0.05) is 0 Å². The Bertz CT molecular complexity index is 595. The summed E-state index contributed by atoms with van der Waals surface area (Å²) in [5, 5.41) is 0. The van der Waals surface area contributed by atoms with Crippen LogP contribution in [0, 0.1) is 5.41 Å². The summed E-state index contributed by atoms with van der Waals surface area (Å²) < 4.78 is 75.5. The van der Waals surface area contributed by atoms with Gasteiger partial charge in [0.15, 0.2) is 0 Å². The van der Waals surface area contributed by atoms with Crippen molar-refractivity contribution in [3.05, 3.63) is 0 Å². The largest absolute Gasteiger partial charge is 0.500 e. The van der Waals surface area contributed by atoms with Crippen molar-refractivity contribution in [2.75, 3.05) is 76.0 Å². The average Bonchev–Trinajstić information content (AvgIpc) is 2.87. The van der Waals surface area contributed by atoms with E-state index < -0.39 is 41.7 Å². The molecular formula is C21H50O11SSi3. The first-order valence-corrected chi connectivity index (χ1v) is 19.9. The lowest BCUT2D eigenvalue weighted by Gasteiger charge is -2.36. The average molecular weight is 595 g/mol.